The molecule has 1 atom stereocenters. The van der Waals surface area contributed by atoms with Gasteiger partial charge in [0, 0.05) is 6.04 Å². The number of nitrogen functional groups attached to an aromatic ring is 1. The number of nitrogens with zero attached hydrogens (tertiary/aromatic N) is 1. The zero-order chi connectivity index (χ0) is 8.55. The van der Waals surface area contributed by atoms with Crippen molar-refractivity contribution >= 4 is 17.5 Å². The van der Waals surface area contributed by atoms with Gasteiger partial charge in [-0.2, -0.15) is 0 Å². The summed E-state index contributed by atoms with van der Waals surface area (Å²) in [6.45, 7) is 1.01. The Labute approximate surface area is 75.0 Å². The van der Waals surface area contributed by atoms with Crippen molar-refractivity contribution in [3.05, 3.63) is 10.7 Å². The Morgan fingerprint density at radius 1 is 1.67 bits per heavy atom. The summed E-state index contributed by atoms with van der Waals surface area (Å²) in [5.41, 5.74) is 6.38. The van der Waals surface area contributed by atoms with E-state index in [1.54, 1.807) is 0 Å². The minimum absolute atomic E-state index is 0.226. The second-order valence-corrected chi connectivity index (χ2v) is 3.26. The highest BCUT2D eigenvalue weighted by Crippen LogP contribution is 2.32. The molecule has 1 unspecified atom stereocenters. The number of halogens is 1. The van der Waals surface area contributed by atoms with Gasteiger partial charge in [-0.1, -0.05) is 16.8 Å². The molecule has 1 aromatic heterocycles. The van der Waals surface area contributed by atoms with Gasteiger partial charge in [0.25, 0.3) is 0 Å². The molecule has 0 spiro atoms. The fourth-order valence-corrected chi connectivity index (χ4v) is 1.80. The van der Waals surface area contributed by atoms with Gasteiger partial charge in [0.15, 0.2) is 5.15 Å². The van der Waals surface area contributed by atoms with Crippen LogP contribution in [0, 0.1) is 0 Å². The molecule has 0 radical (unpaired) electrons. The van der Waals surface area contributed by atoms with Crippen LogP contribution in [0.15, 0.2) is 4.52 Å². The highest BCUT2D eigenvalue weighted by Gasteiger charge is 2.24. The van der Waals surface area contributed by atoms with Gasteiger partial charge >= 0.3 is 0 Å². The van der Waals surface area contributed by atoms with Gasteiger partial charge in [-0.3, -0.25) is 0 Å². The lowest BCUT2D eigenvalue weighted by Crippen LogP contribution is -2.13. The SMILES string of the molecule is Nc1onc(Cl)c1C1CCCN1. The van der Waals surface area contributed by atoms with Gasteiger partial charge in [-0.25, -0.2) is 0 Å². The second-order valence-electron chi connectivity index (χ2n) is 2.90. The van der Waals surface area contributed by atoms with E-state index in [0.29, 0.717) is 11.0 Å². The van der Waals surface area contributed by atoms with Crippen LogP contribution in [0.5, 0.6) is 0 Å². The zero-order valence-electron chi connectivity index (χ0n) is 6.51. The second kappa shape index (κ2) is 2.95. The smallest absolute Gasteiger partial charge is 0.228 e. The van der Waals surface area contributed by atoms with E-state index in [1.807, 2.05) is 0 Å². The molecule has 1 saturated heterocycles. The molecule has 0 bridgehead atoms. The molecule has 1 fully saturated rings. The van der Waals surface area contributed by atoms with Crippen LogP contribution in [0.3, 0.4) is 0 Å². The molecule has 2 heterocycles. The first-order valence-corrected chi connectivity index (χ1v) is 4.31. The number of nitrogens with two attached hydrogens (primary N) is 1. The molecule has 3 N–H and O–H groups in total. The standard InChI is InChI=1S/C7H10ClN3O/c8-6-5(7(9)12-11-6)4-2-1-3-10-4/h4,10H,1-3,9H2. The molecule has 4 nitrogen and oxygen atoms in total. The summed E-state index contributed by atoms with van der Waals surface area (Å²) in [7, 11) is 0. The topological polar surface area (TPSA) is 64.1 Å². The van der Waals surface area contributed by atoms with E-state index in [2.05, 4.69) is 10.5 Å². The number of hydrogen-bond donors (Lipinski definition) is 2. The fourth-order valence-electron chi connectivity index (χ4n) is 1.54. The van der Waals surface area contributed by atoms with Gasteiger partial charge in [0.1, 0.15) is 0 Å². The van der Waals surface area contributed by atoms with Crippen molar-refractivity contribution in [3.63, 3.8) is 0 Å². The molecule has 0 amide bonds. The molecule has 0 aromatic carbocycles. The minimum atomic E-state index is 0.226. The van der Waals surface area contributed by atoms with Crippen molar-refractivity contribution in [2.75, 3.05) is 12.3 Å². The number of rotatable bonds is 1. The normalized spacial score (nSPS) is 23.2. The van der Waals surface area contributed by atoms with Crippen LogP contribution in [-0.2, 0) is 0 Å². The van der Waals surface area contributed by atoms with Crippen LogP contribution >= 0.6 is 11.6 Å². The van der Waals surface area contributed by atoms with E-state index in [4.69, 9.17) is 21.9 Å². The number of nitrogens with one attached hydrogen (secondary N) is 1. The summed E-state index contributed by atoms with van der Waals surface area (Å²) in [6, 6.07) is 0.226. The maximum Gasteiger partial charge on any atom is 0.228 e. The number of anilines is 1. The lowest BCUT2D eigenvalue weighted by atomic mass is 10.1. The Morgan fingerprint density at radius 3 is 3.00 bits per heavy atom. The van der Waals surface area contributed by atoms with Crippen molar-refractivity contribution in [1.82, 2.24) is 10.5 Å². The molecule has 12 heavy (non-hydrogen) atoms. The van der Waals surface area contributed by atoms with Crippen LogP contribution in [0.1, 0.15) is 24.4 Å². The Morgan fingerprint density at radius 2 is 2.50 bits per heavy atom. The number of aromatic nitrogens is 1. The lowest BCUT2D eigenvalue weighted by Gasteiger charge is -2.06. The lowest BCUT2D eigenvalue weighted by molar-refractivity contribution is 0.435. The largest absolute Gasteiger partial charge is 0.367 e. The first kappa shape index (κ1) is 7.89. The highest BCUT2D eigenvalue weighted by molar-refractivity contribution is 6.30. The molecular weight excluding hydrogens is 178 g/mol. The van der Waals surface area contributed by atoms with E-state index in [-0.39, 0.29) is 6.04 Å². The highest BCUT2D eigenvalue weighted by atomic mass is 35.5. The monoisotopic (exact) mass is 187 g/mol. The quantitative estimate of drug-likeness (QED) is 0.697. The van der Waals surface area contributed by atoms with Crippen LogP contribution < -0.4 is 11.1 Å². The Kier molecular flexibility index (Phi) is 1.94. The van der Waals surface area contributed by atoms with Gasteiger partial charge in [-0.15, -0.1) is 0 Å². The van der Waals surface area contributed by atoms with Gasteiger partial charge in [0.2, 0.25) is 5.88 Å². The third-order valence-electron chi connectivity index (χ3n) is 2.12. The zero-order valence-corrected chi connectivity index (χ0v) is 7.27. The van der Waals surface area contributed by atoms with Crippen molar-refractivity contribution in [3.8, 4) is 0 Å². The molecule has 0 aliphatic carbocycles. The van der Waals surface area contributed by atoms with Crippen LogP contribution in [-0.4, -0.2) is 11.7 Å². The molecular formula is C7H10ClN3O. The average Bonchev–Trinajstić information content (AvgIpc) is 2.61. The molecule has 66 valence electrons. The van der Waals surface area contributed by atoms with Crippen molar-refractivity contribution in [2.45, 2.75) is 18.9 Å². The maximum absolute atomic E-state index is 5.80. The van der Waals surface area contributed by atoms with Gasteiger partial charge in [-0.05, 0) is 19.4 Å². The Bertz CT molecular complexity index is 261. The molecule has 1 aliphatic rings. The van der Waals surface area contributed by atoms with Crippen molar-refractivity contribution < 1.29 is 4.52 Å². The molecule has 0 saturated carbocycles. The van der Waals surface area contributed by atoms with Crippen LogP contribution in [0.4, 0.5) is 5.88 Å². The molecule has 1 aromatic rings. The van der Waals surface area contributed by atoms with E-state index in [0.717, 1.165) is 24.9 Å². The Balaban J connectivity index is 2.30. The summed E-state index contributed by atoms with van der Waals surface area (Å²) in [5.74, 6) is 0.333. The summed E-state index contributed by atoms with van der Waals surface area (Å²) in [6.07, 6.45) is 2.19. The summed E-state index contributed by atoms with van der Waals surface area (Å²) in [4.78, 5) is 0. The van der Waals surface area contributed by atoms with Crippen LogP contribution in [0.2, 0.25) is 5.15 Å². The van der Waals surface area contributed by atoms with E-state index in [1.165, 1.54) is 0 Å². The Hall–Kier alpha value is -0.740. The fraction of sp³-hybridized carbons (Fsp3) is 0.571. The summed E-state index contributed by atoms with van der Waals surface area (Å²) >= 11 is 5.80. The minimum Gasteiger partial charge on any atom is -0.367 e. The predicted octanol–water partition coefficient (Wildman–Crippen LogP) is 1.33. The summed E-state index contributed by atoms with van der Waals surface area (Å²) in [5, 5.41) is 7.24. The first-order valence-electron chi connectivity index (χ1n) is 3.93. The van der Waals surface area contributed by atoms with Crippen molar-refractivity contribution in [2.24, 2.45) is 0 Å². The number of hydrogen-bond acceptors (Lipinski definition) is 4. The predicted molar refractivity (Wildman–Crippen MR) is 45.9 cm³/mol. The van der Waals surface area contributed by atoms with Crippen molar-refractivity contribution in [1.29, 1.82) is 0 Å². The van der Waals surface area contributed by atoms with Gasteiger partial charge < -0.3 is 15.6 Å². The molecule has 5 heteroatoms. The first-order chi connectivity index (χ1) is 5.79. The van der Waals surface area contributed by atoms with Crippen LogP contribution in [0.25, 0.3) is 0 Å². The van der Waals surface area contributed by atoms with E-state index >= 15 is 0 Å². The third kappa shape index (κ3) is 1.17. The summed E-state index contributed by atoms with van der Waals surface area (Å²) < 4.78 is 4.76. The van der Waals surface area contributed by atoms with E-state index < -0.39 is 0 Å². The van der Waals surface area contributed by atoms with E-state index in [9.17, 15) is 0 Å². The van der Waals surface area contributed by atoms with Gasteiger partial charge in [0.05, 0.1) is 5.56 Å². The maximum atomic E-state index is 5.80. The average molecular weight is 188 g/mol. The molecule has 1 aliphatic heterocycles. The third-order valence-corrected chi connectivity index (χ3v) is 2.39. The molecule has 2 rings (SSSR count).